The number of benzene rings is 1. The Labute approximate surface area is 108 Å². The zero-order valence-electron chi connectivity index (χ0n) is 10.9. The molecule has 0 aliphatic rings. The average molecular weight is 274 g/mol. The lowest BCUT2D eigenvalue weighted by molar-refractivity contribution is 0.453. The Hall–Kier alpha value is -1.14. The van der Waals surface area contributed by atoms with E-state index in [0.29, 0.717) is 12.1 Å². The van der Waals surface area contributed by atoms with Crippen LogP contribution in [0.25, 0.3) is 0 Å². The van der Waals surface area contributed by atoms with Crippen LogP contribution >= 0.6 is 0 Å². The van der Waals surface area contributed by atoms with E-state index in [-0.39, 0.29) is 10.6 Å². The molecule has 6 heteroatoms. The molecule has 0 saturated heterocycles. The van der Waals surface area contributed by atoms with E-state index >= 15 is 0 Å². The summed E-state index contributed by atoms with van der Waals surface area (Å²) in [6.07, 6.45) is 1.61. The number of halogens is 1. The van der Waals surface area contributed by atoms with Crippen molar-refractivity contribution < 1.29 is 12.8 Å². The Kier molecular flexibility index (Phi) is 4.70. The number of hydrogen-bond acceptors (Lipinski definition) is 3. The van der Waals surface area contributed by atoms with Gasteiger partial charge in [0.05, 0.1) is 0 Å². The largest absolute Gasteiger partial charge is 0.398 e. The summed E-state index contributed by atoms with van der Waals surface area (Å²) in [6, 6.07) is 2.33. The lowest BCUT2D eigenvalue weighted by Crippen LogP contribution is -2.28. The molecule has 0 heterocycles. The molecule has 0 aliphatic carbocycles. The molecule has 0 unspecified atom stereocenters. The summed E-state index contributed by atoms with van der Waals surface area (Å²) < 4.78 is 39.2. The van der Waals surface area contributed by atoms with Crippen LogP contribution in [0.1, 0.15) is 25.3 Å². The highest BCUT2D eigenvalue weighted by atomic mass is 32.2. The van der Waals surface area contributed by atoms with Crippen LogP contribution in [-0.4, -0.2) is 26.3 Å². The molecule has 0 fully saturated rings. The highest BCUT2D eigenvalue weighted by molar-refractivity contribution is 7.89. The van der Waals surface area contributed by atoms with Crippen LogP contribution in [0.5, 0.6) is 0 Å². The van der Waals surface area contributed by atoms with Crippen molar-refractivity contribution in [3.8, 4) is 0 Å². The topological polar surface area (TPSA) is 63.4 Å². The molecule has 102 valence electrons. The molecule has 0 radical (unpaired) electrons. The Balaban J connectivity index is 3.16. The molecule has 0 atom stereocenters. The average Bonchev–Trinajstić information content (AvgIpc) is 2.30. The maximum absolute atomic E-state index is 13.7. The van der Waals surface area contributed by atoms with Crippen molar-refractivity contribution >= 4 is 15.7 Å². The van der Waals surface area contributed by atoms with Crippen molar-refractivity contribution in [2.75, 3.05) is 19.3 Å². The zero-order chi connectivity index (χ0) is 13.9. The van der Waals surface area contributed by atoms with Crippen molar-refractivity contribution in [2.45, 2.75) is 31.6 Å². The van der Waals surface area contributed by atoms with Gasteiger partial charge in [-0.05, 0) is 31.0 Å². The van der Waals surface area contributed by atoms with E-state index in [1.54, 1.807) is 6.92 Å². The van der Waals surface area contributed by atoms with Gasteiger partial charge in [0, 0.05) is 19.3 Å². The fourth-order valence-electron chi connectivity index (χ4n) is 1.54. The van der Waals surface area contributed by atoms with Crippen LogP contribution in [-0.2, 0) is 10.0 Å². The van der Waals surface area contributed by atoms with Gasteiger partial charge in [0.15, 0.2) is 0 Å². The summed E-state index contributed by atoms with van der Waals surface area (Å²) in [5.74, 6) is -0.759. The predicted octanol–water partition coefficient (Wildman–Crippen LogP) is 2.14. The summed E-state index contributed by atoms with van der Waals surface area (Å²) in [6.45, 7) is 3.96. The summed E-state index contributed by atoms with van der Waals surface area (Å²) in [4.78, 5) is -0.357. The van der Waals surface area contributed by atoms with Gasteiger partial charge in [0.25, 0.3) is 0 Å². The van der Waals surface area contributed by atoms with Crippen molar-refractivity contribution in [3.63, 3.8) is 0 Å². The predicted molar refractivity (Wildman–Crippen MR) is 70.3 cm³/mol. The fourth-order valence-corrected chi connectivity index (χ4v) is 2.82. The normalized spacial score (nSPS) is 12.1. The molecular formula is C12H19FN2O2S. The van der Waals surface area contributed by atoms with E-state index < -0.39 is 15.8 Å². The third-order valence-electron chi connectivity index (χ3n) is 2.84. The first-order valence-corrected chi connectivity index (χ1v) is 7.26. The molecule has 2 N–H and O–H groups in total. The van der Waals surface area contributed by atoms with E-state index in [2.05, 4.69) is 0 Å². The van der Waals surface area contributed by atoms with Gasteiger partial charge < -0.3 is 5.73 Å². The molecule has 0 bridgehead atoms. The summed E-state index contributed by atoms with van der Waals surface area (Å²) >= 11 is 0. The van der Waals surface area contributed by atoms with E-state index in [4.69, 9.17) is 5.73 Å². The van der Waals surface area contributed by atoms with Gasteiger partial charge in [-0.1, -0.05) is 13.3 Å². The second-order valence-corrected chi connectivity index (χ2v) is 6.33. The van der Waals surface area contributed by atoms with Gasteiger partial charge in [-0.3, -0.25) is 0 Å². The molecule has 0 saturated carbocycles. The minimum Gasteiger partial charge on any atom is -0.398 e. The molecule has 18 heavy (non-hydrogen) atoms. The molecule has 0 amide bonds. The molecule has 1 aromatic rings. The first-order chi connectivity index (χ1) is 8.30. The van der Waals surface area contributed by atoms with Crippen molar-refractivity contribution in [3.05, 3.63) is 23.5 Å². The minimum atomic E-state index is -3.80. The van der Waals surface area contributed by atoms with Gasteiger partial charge in [0.2, 0.25) is 10.0 Å². The number of rotatable bonds is 5. The highest BCUT2D eigenvalue weighted by Crippen LogP contribution is 2.23. The van der Waals surface area contributed by atoms with Gasteiger partial charge in [-0.2, -0.15) is 0 Å². The molecule has 4 nitrogen and oxygen atoms in total. The van der Waals surface area contributed by atoms with Crippen LogP contribution in [0.2, 0.25) is 0 Å². The first-order valence-electron chi connectivity index (χ1n) is 5.82. The standard InChI is InChI=1S/C12H19FN2O2S/c1-4-5-6-15(3)18(16,17)12-8-11(14)9(2)7-10(12)13/h7-8H,4-6,14H2,1-3H3. The smallest absolute Gasteiger partial charge is 0.245 e. The Bertz CT molecular complexity index is 529. The van der Waals surface area contributed by atoms with E-state index in [1.807, 2.05) is 6.92 Å². The Morgan fingerprint density at radius 2 is 2.00 bits per heavy atom. The number of nitrogens with two attached hydrogens (primary N) is 1. The van der Waals surface area contributed by atoms with Gasteiger partial charge in [-0.25, -0.2) is 17.1 Å². The third-order valence-corrected chi connectivity index (χ3v) is 4.71. The lowest BCUT2D eigenvalue weighted by Gasteiger charge is -2.18. The fraction of sp³-hybridized carbons (Fsp3) is 0.500. The van der Waals surface area contributed by atoms with Crippen LogP contribution in [0.15, 0.2) is 17.0 Å². The van der Waals surface area contributed by atoms with Crippen LogP contribution < -0.4 is 5.73 Å². The van der Waals surface area contributed by atoms with Gasteiger partial charge in [0.1, 0.15) is 10.7 Å². The van der Waals surface area contributed by atoms with Crippen LogP contribution in [0.3, 0.4) is 0 Å². The summed E-state index contributed by atoms with van der Waals surface area (Å²) in [7, 11) is -2.36. The van der Waals surface area contributed by atoms with Gasteiger partial charge in [-0.15, -0.1) is 0 Å². The second-order valence-electron chi connectivity index (χ2n) is 4.32. The SMILES string of the molecule is CCCCN(C)S(=O)(=O)c1cc(N)c(C)cc1F. The monoisotopic (exact) mass is 274 g/mol. The maximum Gasteiger partial charge on any atom is 0.245 e. The number of anilines is 1. The number of unbranched alkanes of at least 4 members (excludes halogenated alkanes) is 1. The number of nitrogens with zero attached hydrogens (tertiary/aromatic N) is 1. The van der Waals surface area contributed by atoms with Crippen molar-refractivity contribution in [1.29, 1.82) is 0 Å². The van der Waals surface area contributed by atoms with Gasteiger partial charge >= 0.3 is 0 Å². The summed E-state index contributed by atoms with van der Waals surface area (Å²) in [5, 5.41) is 0. The van der Waals surface area contributed by atoms with Crippen LogP contribution in [0.4, 0.5) is 10.1 Å². The minimum absolute atomic E-state index is 0.277. The molecule has 1 rings (SSSR count). The van der Waals surface area contributed by atoms with E-state index in [0.717, 1.165) is 23.2 Å². The molecule has 0 spiro atoms. The lowest BCUT2D eigenvalue weighted by atomic mass is 10.2. The zero-order valence-corrected chi connectivity index (χ0v) is 11.7. The number of hydrogen-bond donors (Lipinski definition) is 1. The molecule has 1 aromatic carbocycles. The van der Waals surface area contributed by atoms with E-state index in [9.17, 15) is 12.8 Å². The highest BCUT2D eigenvalue weighted by Gasteiger charge is 2.24. The molecule has 0 aliphatic heterocycles. The van der Waals surface area contributed by atoms with Crippen LogP contribution in [0, 0.1) is 12.7 Å². The van der Waals surface area contributed by atoms with Crippen molar-refractivity contribution in [2.24, 2.45) is 0 Å². The Morgan fingerprint density at radius 3 is 2.56 bits per heavy atom. The Morgan fingerprint density at radius 1 is 1.39 bits per heavy atom. The number of aryl methyl sites for hydroxylation is 1. The maximum atomic E-state index is 13.7. The number of nitrogen functional groups attached to an aromatic ring is 1. The quantitative estimate of drug-likeness (QED) is 0.837. The van der Waals surface area contributed by atoms with Crippen molar-refractivity contribution in [1.82, 2.24) is 4.31 Å². The molecular weight excluding hydrogens is 255 g/mol. The third kappa shape index (κ3) is 3.00. The van der Waals surface area contributed by atoms with E-state index in [1.165, 1.54) is 13.1 Å². The summed E-state index contributed by atoms with van der Waals surface area (Å²) in [5.41, 5.74) is 6.44. The molecule has 0 aromatic heterocycles. The first kappa shape index (κ1) is 14.9. The number of sulfonamides is 1. The second kappa shape index (κ2) is 5.67.